The van der Waals surface area contributed by atoms with Gasteiger partial charge in [0, 0.05) is 6.54 Å². The highest BCUT2D eigenvalue weighted by Crippen LogP contribution is 2.26. The normalized spacial score (nSPS) is 19.0. The second kappa shape index (κ2) is 3.55. The Morgan fingerprint density at radius 1 is 1.75 bits per heavy atom. The highest BCUT2D eigenvalue weighted by Gasteiger charge is 2.46. The van der Waals surface area contributed by atoms with Gasteiger partial charge in [-0.2, -0.15) is 5.26 Å². The summed E-state index contributed by atoms with van der Waals surface area (Å²) in [6, 6.07) is 1.99. The van der Waals surface area contributed by atoms with Crippen LogP contribution in [0.25, 0.3) is 0 Å². The quantitative estimate of drug-likeness (QED) is 0.647. The van der Waals surface area contributed by atoms with Crippen molar-refractivity contribution in [1.82, 2.24) is 5.32 Å². The number of ether oxygens (including phenoxy) is 1. The highest BCUT2D eigenvalue weighted by atomic mass is 16.5. The fourth-order valence-electron chi connectivity index (χ4n) is 0.960. The molecule has 0 aromatic rings. The Kier molecular flexibility index (Phi) is 2.66. The summed E-state index contributed by atoms with van der Waals surface area (Å²) in [5, 5.41) is 11.4. The molecule has 1 rings (SSSR count). The lowest BCUT2D eigenvalue weighted by molar-refractivity contribution is -0.150. The van der Waals surface area contributed by atoms with Crippen LogP contribution in [0.4, 0.5) is 0 Å². The molecular formula is C8H12N2O2. The van der Waals surface area contributed by atoms with E-state index in [0.717, 1.165) is 6.42 Å². The Hall–Kier alpha value is -1.08. The third kappa shape index (κ3) is 1.41. The Morgan fingerprint density at radius 2 is 2.42 bits per heavy atom. The van der Waals surface area contributed by atoms with Gasteiger partial charge in [-0.3, -0.25) is 4.79 Å². The Morgan fingerprint density at radius 3 is 2.75 bits per heavy atom. The predicted molar refractivity (Wildman–Crippen MR) is 42.2 cm³/mol. The van der Waals surface area contributed by atoms with E-state index in [-0.39, 0.29) is 19.1 Å². The maximum atomic E-state index is 11.3. The smallest absolute Gasteiger partial charge is 0.245 e. The van der Waals surface area contributed by atoms with Gasteiger partial charge in [0.2, 0.25) is 5.91 Å². The molecule has 1 aliphatic rings. The highest BCUT2D eigenvalue weighted by molar-refractivity contribution is 5.86. The summed E-state index contributed by atoms with van der Waals surface area (Å²) in [4.78, 5) is 11.3. The summed E-state index contributed by atoms with van der Waals surface area (Å²) in [7, 11) is 0. The van der Waals surface area contributed by atoms with Crippen LogP contribution in [0.2, 0.25) is 0 Å². The van der Waals surface area contributed by atoms with Gasteiger partial charge < -0.3 is 10.1 Å². The summed E-state index contributed by atoms with van der Waals surface area (Å²) in [6.45, 7) is 3.07. The molecule has 4 nitrogen and oxygen atoms in total. The molecule has 0 bridgehead atoms. The van der Waals surface area contributed by atoms with Crippen LogP contribution in [0.1, 0.15) is 13.3 Å². The molecule has 0 spiro atoms. The van der Waals surface area contributed by atoms with Crippen molar-refractivity contribution in [3.8, 4) is 6.07 Å². The van der Waals surface area contributed by atoms with Gasteiger partial charge >= 0.3 is 0 Å². The van der Waals surface area contributed by atoms with Gasteiger partial charge in [0.1, 0.15) is 0 Å². The standard InChI is InChI=1S/C8H12N2O2/c1-2-3-10-7(11)8(4-9)5-12-6-8/h2-3,5-6H2,1H3,(H,10,11). The molecule has 1 fully saturated rings. The van der Waals surface area contributed by atoms with Crippen molar-refractivity contribution >= 4 is 5.91 Å². The van der Waals surface area contributed by atoms with Crippen molar-refractivity contribution in [3.05, 3.63) is 0 Å². The average Bonchev–Trinajstić information content (AvgIpc) is 2.00. The van der Waals surface area contributed by atoms with Crippen LogP contribution in [-0.4, -0.2) is 25.7 Å². The summed E-state index contributed by atoms with van der Waals surface area (Å²) < 4.78 is 4.85. The van der Waals surface area contributed by atoms with E-state index in [1.165, 1.54) is 0 Å². The number of hydrogen-bond acceptors (Lipinski definition) is 3. The van der Waals surface area contributed by atoms with Crippen LogP contribution < -0.4 is 5.32 Å². The number of rotatable bonds is 3. The minimum atomic E-state index is -0.894. The number of nitrogens with zero attached hydrogens (tertiary/aromatic N) is 1. The summed E-state index contributed by atoms with van der Waals surface area (Å²) in [5.74, 6) is -0.196. The van der Waals surface area contributed by atoms with E-state index in [0.29, 0.717) is 6.54 Å². The second-order valence-corrected chi connectivity index (χ2v) is 2.94. The van der Waals surface area contributed by atoms with Crippen molar-refractivity contribution in [2.24, 2.45) is 5.41 Å². The molecule has 0 atom stereocenters. The summed E-state index contributed by atoms with van der Waals surface area (Å²) in [6.07, 6.45) is 0.883. The van der Waals surface area contributed by atoms with E-state index in [9.17, 15) is 4.79 Å². The maximum absolute atomic E-state index is 11.3. The first-order valence-corrected chi connectivity index (χ1v) is 4.02. The Bertz CT molecular complexity index is 216. The van der Waals surface area contributed by atoms with Crippen LogP contribution >= 0.6 is 0 Å². The number of nitriles is 1. The average molecular weight is 168 g/mol. The second-order valence-electron chi connectivity index (χ2n) is 2.94. The molecule has 12 heavy (non-hydrogen) atoms. The zero-order valence-electron chi connectivity index (χ0n) is 7.09. The van der Waals surface area contributed by atoms with Gasteiger partial charge in [-0.05, 0) is 6.42 Å². The van der Waals surface area contributed by atoms with Crippen molar-refractivity contribution < 1.29 is 9.53 Å². The van der Waals surface area contributed by atoms with Gasteiger partial charge in [0.15, 0.2) is 5.41 Å². The third-order valence-corrected chi connectivity index (χ3v) is 1.88. The van der Waals surface area contributed by atoms with Crippen molar-refractivity contribution in [2.45, 2.75) is 13.3 Å². The van der Waals surface area contributed by atoms with Crippen molar-refractivity contribution in [2.75, 3.05) is 19.8 Å². The van der Waals surface area contributed by atoms with Gasteiger partial charge in [0.25, 0.3) is 0 Å². The van der Waals surface area contributed by atoms with E-state index >= 15 is 0 Å². The van der Waals surface area contributed by atoms with Gasteiger partial charge in [0.05, 0.1) is 19.3 Å². The zero-order valence-corrected chi connectivity index (χ0v) is 7.09. The van der Waals surface area contributed by atoms with Gasteiger partial charge in [-0.1, -0.05) is 6.92 Å². The molecule has 0 radical (unpaired) electrons. The Balaban J connectivity index is 2.45. The lowest BCUT2D eigenvalue weighted by Crippen LogP contribution is -2.53. The molecule has 1 aliphatic heterocycles. The minimum Gasteiger partial charge on any atom is -0.377 e. The molecule has 0 aromatic heterocycles. The molecule has 1 N–H and O–H groups in total. The number of amides is 1. The van der Waals surface area contributed by atoms with E-state index in [4.69, 9.17) is 10.00 Å². The molecule has 0 aromatic carbocycles. The molecule has 1 amide bonds. The molecule has 4 heteroatoms. The molecule has 0 saturated carbocycles. The van der Waals surface area contributed by atoms with Gasteiger partial charge in [-0.25, -0.2) is 0 Å². The minimum absolute atomic E-state index is 0.196. The van der Waals surface area contributed by atoms with E-state index in [2.05, 4.69) is 5.32 Å². The summed E-state index contributed by atoms with van der Waals surface area (Å²) >= 11 is 0. The topological polar surface area (TPSA) is 62.1 Å². The third-order valence-electron chi connectivity index (χ3n) is 1.88. The number of nitrogens with one attached hydrogen (secondary N) is 1. The van der Waals surface area contributed by atoms with E-state index in [1.54, 1.807) is 0 Å². The number of hydrogen-bond donors (Lipinski definition) is 1. The fourth-order valence-corrected chi connectivity index (χ4v) is 0.960. The van der Waals surface area contributed by atoms with E-state index < -0.39 is 5.41 Å². The van der Waals surface area contributed by atoms with Crippen molar-refractivity contribution in [3.63, 3.8) is 0 Å². The Labute approximate surface area is 71.5 Å². The van der Waals surface area contributed by atoms with Crippen LogP contribution in [0.3, 0.4) is 0 Å². The first kappa shape index (κ1) is 9.01. The van der Waals surface area contributed by atoms with E-state index in [1.807, 2.05) is 13.0 Å². The first-order chi connectivity index (χ1) is 5.75. The predicted octanol–water partition coefficient (Wildman–Crippen LogP) is 0.0528. The summed E-state index contributed by atoms with van der Waals surface area (Å²) in [5.41, 5.74) is -0.894. The fraction of sp³-hybridized carbons (Fsp3) is 0.750. The monoisotopic (exact) mass is 168 g/mol. The van der Waals surface area contributed by atoms with Crippen molar-refractivity contribution in [1.29, 1.82) is 5.26 Å². The molecule has 0 aliphatic carbocycles. The largest absolute Gasteiger partial charge is 0.377 e. The van der Waals surface area contributed by atoms with Gasteiger partial charge in [-0.15, -0.1) is 0 Å². The van der Waals surface area contributed by atoms with Crippen LogP contribution in [0, 0.1) is 16.7 Å². The lowest BCUT2D eigenvalue weighted by atomic mass is 9.87. The SMILES string of the molecule is CCCNC(=O)C1(C#N)COC1. The van der Waals surface area contributed by atoms with Crippen LogP contribution in [-0.2, 0) is 9.53 Å². The molecular weight excluding hydrogens is 156 g/mol. The number of carbonyl (C=O) groups is 1. The molecule has 66 valence electrons. The molecule has 1 heterocycles. The first-order valence-electron chi connectivity index (χ1n) is 4.02. The maximum Gasteiger partial charge on any atom is 0.245 e. The molecule has 0 unspecified atom stereocenters. The molecule has 1 saturated heterocycles. The van der Waals surface area contributed by atoms with Crippen LogP contribution in [0.15, 0.2) is 0 Å². The van der Waals surface area contributed by atoms with Crippen LogP contribution in [0.5, 0.6) is 0 Å². The number of carbonyl (C=O) groups excluding carboxylic acids is 1. The lowest BCUT2D eigenvalue weighted by Gasteiger charge is -2.33. The zero-order chi connectivity index (χ0) is 9.03.